The fourth-order valence-electron chi connectivity index (χ4n) is 3.84. The van der Waals surface area contributed by atoms with Gasteiger partial charge in [-0.05, 0) is 60.0 Å². The van der Waals surface area contributed by atoms with E-state index in [0.717, 1.165) is 11.1 Å². The van der Waals surface area contributed by atoms with Crippen molar-refractivity contribution in [3.05, 3.63) is 112 Å². The smallest absolute Gasteiger partial charge is 0.219 e. The summed E-state index contributed by atoms with van der Waals surface area (Å²) in [6.45, 7) is 5.66. The monoisotopic (exact) mass is 625 g/mol. The standard InChI is InChI=1S/C17H12Cl2N2O.C14H18ClN3O2/c18-13-7-5-11(6-8-13)17-20-9-12(10-22)16(21-17)14-3-1-2-4-15(14)19;1-14(2,3)12(19)13(18-9-16-8-17-18)20-11-6-4-10(15)5-7-11/h1-9,22H,10H2;4-9,12-13,19H,1-3H3. The number of rotatable bonds is 7. The molecule has 0 bridgehead atoms. The number of benzene rings is 3. The van der Waals surface area contributed by atoms with Crippen LogP contribution in [-0.2, 0) is 6.61 Å². The van der Waals surface area contributed by atoms with E-state index in [1.807, 2.05) is 51.1 Å². The number of aliphatic hydroxyl groups is 2. The number of hydrogen-bond acceptors (Lipinski definition) is 7. The third kappa shape index (κ3) is 8.06. The van der Waals surface area contributed by atoms with Crippen molar-refractivity contribution in [3.8, 4) is 28.4 Å². The molecule has 3 aromatic carbocycles. The van der Waals surface area contributed by atoms with Gasteiger partial charge in [-0.1, -0.05) is 73.8 Å². The molecule has 2 atom stereocenters. The number of aromatic nitrogens is 5. The van der Waals surface area contributed by atoms with E-state index in [9.17, 15) is 10.2 Å². The highest BCUT2D eigenvalue weighted by molar-refractivity contribution is 6.33. The number of nitrogens with zero attached hydrogens (tertiary/aromatic N) is 5. The number of aliphatic hydroxyl groups excluding tert-OH is 2. The molecule has 0 saturated heterocycles. The van der Waals surface area contributed by atoms with E-state index in [4.69, 9.17) is 39.5 Å². The summed E-state index contributed by atoms with van der Waals surface area (Å²) in [6, 6.07) is 21.7. The van der Waals surface area contributed by atoms with Crippen LogP contribution in [0.4, 0.5) is 0 Å². The molecule has 0 radical (unpaired) electrons. The van der Waals surface area contributed by atoms with Gasteiger partial charge in [0, 0.05) is 38.0 Å². The second-order valence-corrected chi connectivity index (χ2v) is 11.6. The van der Waals surface area contributed by atoms with Crippen LogP contribution in [0.3, 0.4) is 0 Å². The molecular formula is C31H30Cl3N5O3. The van der Waals surface area contributed by atoms with Crippen molar-refractivity contribution in [2.75, 3.05) is 0 Å². The van der Waals surface area contributed by atoms with Crippen molar-refractivity contribution in [2.45, 2.75) is 39.7 Å². The van der Waals surface area contributed by atoms with E-state index in [1.54, 1.807) is 48.7 Å². The molecule has 5 aromatic rings. The van der Waals surface area contributed by atoms with Gasteiger partial charge in [0.25, 0.3) is 0 Å². The first kappa shape index (κ1) is 31.4. The molecule has 0 amide bonds. The molecule has 0 spiro atoms. The molecule has 11 heteroatoms. The molecule has 0 fully saturated rings. The number of halogens is 3. The van der Waals surface area contributed by atoms with Gasteiger partial charge in [-0.2, -0.15) is 5.10 Å². The fraction of sp³-hybridized carbons (Fsp3) is 0.226. The van der Waals surface area contributed by atoms with Crippen LogP contribution in [0.1, 0.15) is 32.6 Å². The van der Waals surface area contributed by atoms with Crippen LogP contribution in [0.15, 0.2) is 91.6 Å². The van der Waals surface area contributed by atoms with E-state index in [2.05, 4.69) is 20.1 Å². The molecule has 0 aliphatic rings. The molecule has 0 saturated carbocycles. The van der Waals surface area contributed by atoms with Crippen LogP contribution < -0.4 is 4.74 Å². The van der Waals surface area contributed by atoms with Gasteiger partial charge in [0.15, 0.2) is 5.82 Å². The second kappa shape index (κ2) is 14.1. The lowest BCUT2D eigenvalue weighted by Gasteiger charge is -2.32. The predicted octanol–water partition coefficient (Wildman–Crippen LogP) is 7.53. The average molecular weight is 627 g/mol. The summed E-state index contributed by atoms with van der Waals surface area (Å²) in [6.07, 6.45) is 3.15. The molecule has 5 rings (SSSR count). The SMILES string of the molecule is CC(C)(C)C(O)C(Oc1ccc(Cl)cc1)n1cncn1.OCc1cnc(-c2ccc(Cl)cc2)nc1-c1ccccc1Cl. The summed E-state index contributed by atoms with van der Waals surface area (Å²) >= 11 is 18.0. The Kier molecular flexibility index (Phi) is 10.5. The highest BCUT2D eigenvalue weighted by Gasteiger charge is 2.34. The van der Waals surface area contributed by atoms with Crippen molar-refractivity contribution in [2.24, 2.45) is 5.41 Å². The Hall–Kier alpha value is -3.53. The zero-order chi connectivity index (χ0) is 30.3. The van der Waals surface area contributed by atoms with Crippen molar-refractivity contribution in [1.82, 2.24) is 24.7 Å². The van der Waals surface area contributed by atoms with Gasteiger partial charge in [-0.15, -0.1) is 0 Å². The molecular weight excluding hydrogens is 597 g/mol. The highest BCUT2D eigenvalue weighted by atomic mass is 35.5. The summed E-state index contributed by atoms with van der Waals surface area (Å²) in [7, 11) is 0. The average Bonchev–Trinajstić information content (AvgIpc) is 3.52. The van der Waals surface area contributed by atoms with Crippen LogP contribution in [-0.4, -0.2) is 41.0 Å². The Morgan fingerprint density at radius 2 is 1.55 bits per heavy atom. The third-order valence-corrected chi connectivity index (χ3v) is 7.03. The van der Waals surface area contributed by atoms with E-state index in [0.29, 0.717) is 37.9 Å². The summed E-state index contributed by atoms with van der Waals surface area (Å²) in [5.41, 5.74) is 2.52. The summed E-state index contributed by atoms with van der Waals surface area (Å²) < 4.78 is 7.36. The minimum absolute atomic E-state index is 0.151. The van der Waals surface area contributed by atoms with Gasteiger partial charge in [0.1, 0.15) is 24.5 Å². The van der Waals surface area contributed by atoms with Crippen LogP contribution >= 0.6 is 34.8 Å². The van der Waals surface area contributed by atoms with Gasteiger partial charge in [-0.25, -0.2) is 19.6 Å². The minimum Gasteiger partial charge on any atom is -0.466 e. The van der Waals surface area contributed by atoms with Gasteiger partial charge < -0.3 is 14.9 Å². The van der Waals surface area contributed by atoms with Crippen molar-refractivity contribution < 1.29 is 14.9 Å². The molecule has 2 N–H and O–H groups in total. The van der Waals surface area contributed by atoms with Crippen LogP contribution in [0.2, 0.25) is 15.1 Å². The van der Waals surface area contributed by atoms with Crippen LogP contribution in [0.25, 0.3) is 22.6 Å². The Bertz CT molecular complexity index is 1580. The molecule has 2 aromatic heterocycles. The quantitative estimate of drug-likeness (QED) is 0.192. The molecule has 8 nitrogen and oxygen atoms in total. The van der Waals surface area contributed by atoms with Crippen molar-refractivity contribution in [3.63, 3.8) is 0 Å². The Morgan fingerprint density at radius 3 is 2.12 bits per heavy atom. The van der Waals surface area contributed by atoms with Gasteiger partial charge in [0.05, 0.1) is 12.3 Å². The molecule has 218 valence electrons. The number of hydrogen-bond donors (Lipinski definition) is 2. The molecule has 2 unspecified atom stereocenters. The number of ether oxygens (including phenoxy) is 1. The van der Waals surface area contributed by atoms with Crippen molar-refractivity contribution in [1.29, 1.82) is 0 Å². The zero-order valence-electron chi connectivity index (χ0n) is 23.2. The van der Waals surface area contributed by atoms with Gasteiger partial charge >= 0.3 is 0 Å². The largest absolute Gasteiger partial charge is 0.466 e. The maximum absolute atomic E-state index is 10.5. The minimum atomic E-state index is -0.750. The predicted molar refractivity (Wildman–Crippen MR) is 165 cm³/mol. The summed E-state index contributed by atoms with van der Waals surface area (Å²) in [5, 5.41) is 25.9. The summed E-state index contributed by atoms with van der Waals surface area (Å²) in [4.78, 5) is 12.8. The molecule has 0 aliphatic carbocycles. The zero-order valence-corrected chi connectivity index (χ0v) is 25.5. The van der Waals surface area contributed by atoms with Gasteiger partial charge in [-0.3, -0.25) is 0 Å². The van der Waals surface area contributed by atoms with Gasteiger partial charge in [0.2, 0.25) is 6.23 Å². The molecule has 42 heavy (non-hydrogen) atoms. The fourth-order valence-corrected chi connectivity index (χ4v) is 4.32. The first-order valence-electron chi connectivity index (χ1n) is 13.0. The lowest BCUT2D eigenvalue weighted by Crippen LogP contribution is -2.38. The Morgan fingerprint density at radius 1 is 0.905 bits per heavy atom. The normalized spacial score (nSPS) is 12.7. The Labute approximate surface area is 259 Å². The molecule has 0 aliphatic heterocycles. The van der Waals surface area contributed by atoms with E-state index in [1.165, 1.54) is 17.3 Å². The lowest BCUT2D eigenvalue weighted by atomic mass is 9.88. The summed E-state index contributed by atoms with van der Waals surface area (Å²) in [5.74, 6) is 1.17. The van der Waals surface area contributed by atoms with Crippen LogP contribution in [0.5, 0.6) is 5.75 Å². The Balaban J connectivity index is 0.000000194. The van der Waals surface area contributed by atoms with Crippen molar-refractivity contribution >= 4 is 34.8 Å². The first-order chi connectivity index (χ1) is 20.1. The highest BCUT2D eigenvalue weighted by Crippen LogP contribution is 2.32. The van der Waals surface area contributed by atoms with E-state index >= 15 is 0 Å². The van der Waals surface area contributed by atoms with E-state index in [-0.39, 0.29) is 12.0 Å². The first-order valence-corrected chi connectivity index (χ1v) is 14.1. The topological polar surface area (TPSA) is 106 Å². The maximum atomic E-state index is 10.5. The molecule has 2 heterocycles. The van der Waals surface area contributed by atoms with Crippen LogP contribution in [0, 0.1) is 5.41 Å². The van der Waals surface area contributed by atoms with E-state index < -0.39 is 12.3 Å². The third-order valence-electron chi connectivity index (χ3n) is 6.19. The lowest BCUT2D eigenvalue weighted by molar-refractivity contribution is -0.0731. The maximum Gasteiger partial charge on any atom is 0.219 e. The second-order valence-electron chi connectivity index (χ2n) is 10.4.